The highest BCUT2D eigenvalue weighted by atomic mass is 14.1. The van der Waals surface area contributed by atoms with Gasteiger partial charge in [-0.15, -0.1) is 0 Å². The summed E-state index contributed by atoms with van der Waals surface area (Å²) in [5.41, 5.74) is 7.58. The molecule has 0 radical (unpaired) electrons. The van der Waals surface area contributed by atoms with Gasteiger partial charge in [-0.25, -0.2) is 0 Å². The molecule has 0 fully saturated rings. The van der Waals surface area contributed by atoms with Gasteiger partial charge in [-0.05, 0) is 61.4 Å². The maximum absolute atomic E-state index is 4.28. The summed E-state index contributed by atoms with van der Waals surface area (Å²) in [5.74, 6) is 0. The van der Waals surface area contributed by atoms with Gasteiger partial charge in [0, 0.05) is 0 Å². The van der Waals surface area contributed by atoms with Crippen LogP contribution in [-0.4, -0.2) is 0 Å². The summed E-state index contributed by atoms with van der Waals surface area (Å²) in [4.78, 5) is 0. The first-order valence-electron chi connectivity index (χ1n) is 6.90. The molecule has 1 aromatic rings. The van der Waals surface area contributed by atoms with Gasteiger partial charge in [0.15, 0.2) is 0 Å². The van der Waals surface area contributed by atoms with Crippen molar-refractivity contribution in [2.24, 2.45) is 0 Å². The molecule has 0 nitrogen and oxygen atoms in total. The summed E-state index contributed by atoms with van der Waals surface area (Å²) >= 11 is 0. The standard InChI is InChI=1S/C19H22/c1-14-7-5-6-8-18(11-9-14)17(4)19-12-10-15(2)16(3)13-19/h7-13H,4-6H2,1-3H3/b11-9-,14-7-,18-8?. The molecule has 0 atom stereocenters. The van der Waals surface area contributed by atoms with E-state index in [1.54, 1.807) is 0 Å². The van der Waals surface area contributed by atoms with Crippen molar-refractivity contribution in [3.8, 4) is 0 Å². The Balaban J connectivity index is 2.30. The minimum Gasteiger partial charge on any atom is -0.0906 e. The van der Waals surface area contributed by atoms with Crippen LogP contribution in [0.25, 0.3) is 5.57 Å². The molecule has 0 aromatic heterocycles. The van der Waals surface area contributed by atoms with Crippen LogP contribution >= 0.6 is 0 Å². The molecule has 0 amide bonds. The molecule has 0 N–H and O–H groups in total. The molecule has 1 aliphatic carbocycles. The van der Waals surface area contributed by atoms with Crippen LogP contribution in [0, 0.1) is 13.8 Å². The minimum atomic E-state index is 1.08. The van der Waals surface area contributed by atoms with Crippen LogP contribution in [0.2, 0.25) is 0 Å². The lowest BCUT2D eigenvalue weighted by Gasteiger charge is -2.11. The average Bonchev–Trinajstić information content (AvgIpc) is 2.37. The van der Waals surface area contributed by atoms with Crippen molar-refractivity contribution in [3.63, 3.8) is 0 Å². The average molecular weight is 250 g/mol. The molecule has 0 unspecified atom stereocenters. The topological polar surface area (TPSA) is 0 Å². The zero-order valence-corrected chi connectivity index (χ0v) is 12.2. The molecule has 0 saturated heterocycles. The second-order valence-corrected chi connectivity index (χ2v) is 5.30. The summed E-state index contributed by atoms with van der Waals surface area (Å²) in [6.07, 6.45) is 11.1. The molecule has 0 bridgehead atoms. The number of hydrogen-bond donors (Lipinski definition) is 0. The highest BCUT2D eigenvalue weighted by Gasteiger charge is 2.05. The van der Waals surface area contributed by atoms with E-state index in [-0.39, 0.29) is 0 Å². The SMILES string of the molecule is C=C(C1=CCC/C=C(C)\C=C/1)c1ccc(C)c(C)c1. The quantitative estimate of drug-likeness (QED) is 0.646. The molecule has 98 valence electrons. The molecule has 0 heterocycles. The fourth-order valence-corrected chi connectivity index (χ4v) is 2.23. The fraction of sp³-hybridized carbons (Fsp3) is 0.263. The Hall–Kier alpha value is -1.82. The van der Waals surface area contributed by atoms with Gasteiger partial charge in [-0.1, -0.05) is 54.7 Å². The van der Waals surface area contributed by atoms with E-state index in [1.807, 2.05) is 0 Å². The molecule has 0 saturated carbocycles. The second kappa shape index (κ2) is 5.88. The lowest BCUT2D eigenvalue weighted by molar-refractivity contribution is 1.03. The summed E-state index contributed by atoms with van der Waals surface area (Å²) in [6.45, 7) is 10.7. The lowest BCUT2D eigenvalue weighted by Crippen LogP contribution is -1.91. The highest BCUT2D eigenvalue weighted by Crippen LogP contribution is 2.26. The molecule has 2 rings (SSSR count). The predicted molar refractivity (Wildman–Crippen MR) is 85.2 cm³/mol. The van der Waals surface area contributed by atoms with Gasteiger partial charge in [-0.2, -0.15) is 0 Å². The van der Waals surface area contributed by atoms with Crippen LogP contribution in [0.15, 0.2) is 60.2 Å². The number of rotatable bonds is 2. The van der Waals surface area contributed by atoms with Gasteiger partial charge in [0.2, 0.25) is 0 Å². The van der Waals surface area contributed by atoms with Gasteiger partial charge in [0.05, 0.1) is 0 Å². The van der Waals surface area contributed by atoms with E-state index in [1.165, 1.54) is 27.8 Å². The van der Waals surface area contributed by atoms with Crippen molar-refractivity contribution < 1.29 is 0 Å². The maximum Gasteiger partial charge on any atom is -0.0181 e. The third-order valence-electron chi connectivity index (χ3n) is 3.73. The number of aryl methyl sites for hydroxylation is 2. The minimum absolute atomic E-state index is 1.08. The van der Waals surface area contributed by atoms with E-state index >= 15 is 0 Å². The second-order valence-electron chi connectivity index (χ2n) is 5.30. The summed E-state index contributed by atoms with van der Waals surface area (Å²) in [5, 5.41) is 0. The van der Waals surface area contributed by atoms with Crippen molar-refractivity contribution in [2.75, 3.05) is 0 Å². The Morgan fingerprint density at radius 3 is 2.42 bits per heavy atom. The van der Waals surface area contributed by atoms with Crippen molar-refractivity contribution in [1.82, 2.24) is 0 Å². The van der Waals surface area contributed by atoms with E-state index < -0.39 is 0 Å². The van der Waals surface area contributed by atoms with E-state index in [2.05, 4.69) is 69.9 Å². The highest BCUT2D eigenvalue weighted by molar-refractivity contribution is 5.80. The van der Waals surface area contributed by atoms with Crippen molar-refractivity contribution in [3.05, 3.63) is 76.9 Å². The number of hydrogen-bond acceptors (Lipinski definition) is 0. The smallest absolute Gasteiger partial charge is 0.0181 e. The first kappa shape index (κ1) is 13.6. The molecule has 1 aromatic carbocycles. The first-order valence-corrected chi connectivity index (χ1v) is 6.90. The fourth-order valence-electron chi connectivity index (χ4n) is 2.23. The predicted octanol–water partition coefficient (Wildman–Crippen LogP) is 5.54. The first-order chi connectivity index (χ1) is 9.08. The molecule has 0 aliphatic heterocycles. The molecular formula is C19H22. The Morgan fingerprint density at radius 1 is 0.947 bits per heavy atom. The third-order valence-corrected chi connectivity index (χ3v) is 3.73. The zero-order chi connectivity index (χ0) is 13.8. The van der Waals surface area contributed by atoms with Crippen LogP contribution in [0.1, 0.15) is 36.5 Å². The normalized spacial score (nSPS) is 19.7. The number of benzene rings is 1. The largest absolute Gasteiger partial charge is 0.0906 e. The van der Waals surface area contributed by atoms with Gasteiger partial charge >= 0.3 is 0 Å². The summed E-state index contributed by atoms with van der Waals surface area (Å²) in [6, 6.07) is 6.57. The maximum atomic E-state index is 4.28. The summed E-state index contributed by atoms with van der Waals surface area (Å²) < 4.78 is 0. The third kappa shape index (κ3) is 3.35. The Morgan fingerprint density at radius 2 is 1.68 bits per heavy atom. The Labute approximate surface area is 116 Å². The van der Waals surface area contributed by atoms with E-state index in [4.69, 9.17) is 0 Å². The van der Waals surface area contributed by atoms with Gasteiger partial charge in [0.1, 0.15) is 0 Å². The van der Waals surface area contributed by atoms with Gasteiger partial charge < -0.3 is 0 Å². The zero-order valence-electron chi connectivity index (χ0n) is 12.2. The van der Waals surface area contributed by atoms with Crippen LogP contribution in [0.5, 0.6) is 0 Å². The Kier molecular flexibility index (Phi) is 4.21. The van der Waals surface area contributed by atoms with Crippen LogP contribution in [0.3, 0.4) is 0 Å². The Bertz CT molecular complexity index is 580. The van der Waals surface area contributed by atoms with E-state index in [0.717, 1.165) is 18.4 Å². The van der Waals surface area contributed by atoms with E-state index in [0.29, 0.717) is 0 Å². The summed E-state index contributed by atoms with van der Waals surface area (Å²) in [7, 11) is 0. The monoisotopic (exact) mass is 250 g/mol. The number of allylic oxidation sites excluding steroid dienone is 7. The molecular weight excluding hydrogens is 228 g/mol. The van der Waals surface area contributed by atoms with Crippen molar-refractivity contribution >= 4 is 5.57 Å². The van der Waals surface area contributed by atoms with E-state index in [9.17, 15) is 0 Å². The molecule has 0 spiro atoms. The van der Waals surface area contributed by atoms with Gasteiger partial charge in [0.25, 0.3) is 0 Å². The van der Waals surface area contributed by atoms with Gasteiger partial charge in [-0.3, -0.25) is 0 Å². The van der Waals surface area contributed by atoms with Crippen molar-refractivity contribution in [1.29, 1.82) is 0 Å². The van der Waals surface area contributed by atoms with Crippen LogP contribution in [0.4, 0.5) is 0 Å². The molecule has 0 heteroatoms. The molecule has 19 heavy (non-hydrogen) atoms. The molecule has 1 aliphatic rings. The van der Waals surface area contributed by atoms with Crippen molar-refractivity contribution in [2.45, 2.75) is 33.6 Å². The van der Waals surface area contributed by atoms with Crippen LogP contribution in [-0.2, 0) is 0 Å². The lowest BCUT2D eigenvalue weighted by atomic mass is 9.94. The van der Waals surface area contributed by atoms with Crippen LogP contribution < -0.4 is 0 Å².